The van der Waals surface area contributed by atoms with Crippen LogP contribution in [0.2, 0.25) is 0 Å². The minimum absolute atomic E-state index is 0.00552. The maximum atomic E-state index is 7.71. The van der Waals surface area contributed by atoms with Crippen LogP contribution in [0.25, 0.3) is 0 Å². The van der Waals surface area contributed by atoms with Gasteiger partial charge < -0.3 is 9.47 Å². The van der Waals surface area contributed by atoms with Gasteiger partial charge in [0.15, 0.2) is 6.29 Å². The minimum Gasteiger partial charge on any atom is -0.353 e. The van der Waals surface area contributed by atoms with Gasteiger partial charge in [0, 0.05) is 16.0 Å². The molecule has 1 aliphatic rings. The number of ether oxygens (including phenoxy) is 2. The highest BCUT2D eigenvalue weighted by Crippen LogP contribution is 2.14. The molecular weight excluding hydrogens is 200 g/mol. The number of unbranched alkanes of at least 4 members (excludes halogenated alkanes) is 2. The predicted molar refractivity (Wildman–Crippen MR) is 67.4 cm³/mol. The second-order valence-electron chi connectivity index (χ2n) is 4.22. The molecule has 1 saturated heterocycles. The Kier molecular flexibility index (Phi) is 6.65. The summed E-state index contributed by atoms with van der Waals surface area (Å²) in [5.41, 5.74) is 0. The molecule has 94 valence electrons. The number of hydrogen-bond acceptors (Lipinski definition) is 2. The summed E-state index contributed by atoms with van der Waals surface area (Å²) in [6, 6.07) is 0. The van der Waals surface area contributed by atoms with E-state index in [2.05, 4.69) is 6.58 Å². The van der Waals surface area contributed by atoms with E-state index in [1.165, 1.54) is 6.42 Å². The van der Waals surface area contributed by atoms with E-state index in [1.807, 2.05) is 0 Å². The predicted octanol–water partition coefficient (Wildman–Crippen LogP) is 4.06. The molecule has 0 aromatic carbocycles. The van der Waals surface area contributed by atoms with E-state index in [0.717, 1.165) is 45.3 Å². The average Bonchev–Trinajstić information content (AvgIpc) is 2.35. The van der Waals surface area contributed by atoms with Crippen molar-refractivity contribution in [1.82, 2.24) is 0 Å². The summed E-state index contributed by atoms with van der Waals surface area (Å²) in [6.07, 6.45) is 7.91. The highest BCUT2D eigenvalue weighted by atomic mass is 16.7. The molecule has 0 amide bonds. The average molecular weight is 228 g/mol. The summed E-state index contributed by atoms with van der Waals surface area (Å²) in [5.74, 6) is 0. The van der Waals surface area contributed by atoms with Gasteiger partial charge in [0.05, 0.1) is 0 Å². The molecule has 0 aromatic rings. The topological polar surface area (TPSA) is 18.5 Å². The van der Waals surface area contributed by atoms with Gasteiger partial charge in [-0.1, -0.05) is 25.3 Å². The lowest BCUT2D eigenvalue weighted by atomic mass is 10.1. The van der Waals surface area contributed by atoms with Crippen LogP contribution in [0.3, 0.4) is 0 Å². The smallest absolute Gasteiger partial charge is 0.157 e. The van der Waals surface area contributed by atoms with E-state index in [-0.39, 0.29) is 6.29 Å². The Hall–Kier alpha value is -0.340. The van der Waals surface area contributed by atoms with Crippen LogP contribution < -0.4 is 0 Å². The van der Waals surface area contributed by atoms with Gasteiger partial charge >= 0.3 is 0 Å². The van der Waals surface area contributed by atoms with E-state index < -0.39 is 6.37 Å². The van der Waals surface area contributed by atoms with Crippen LogP contribution in [0, 0.1) is 0 Å². The first-order chi connectivity index (χ1) is 8.64. The molecule has 1 heterocycles. The maximum Gasteiger partial charge on any atom is 0.157 e. The monoisotopic (exact) mass is 228 g/mol. The van der Waals surface area contributed by atoms with E-state index in [0.29, 0.717) is 12.8 Å². The third-order valence-electron chi connectivity index (χ3n) is 2.73. The fourth-order valence-corrected chi connectivity index (χ4v) is 1.79. The van der Waals surface area contributed by atoms with Crippen LogP contribution in [-0.4, -0.2) is 19.5 Å². The van der Waals surface area contributed by atoms with Gasteiger partial charge in [0.2, 0.25) is 0 Å². The third kappa shape index (κ3) is 7.02. The normalized spacial score (nSPS) is 23.6. The fraction of sp³-hybridized carbons (Fsp3) is 0.857. The summed E-state index contributed by atoms with van der Waals surface area (Å²) in [6.45, 7) is 5.14. The van der Waals surface area contributed by atoms with Gasteiger partial charge in [-0.2, -0.15) is 0 Å². The lowest BCUT2D eigenvalue weighted by Gasteiger charge is -2.22. The summed E-state index contributed by atoms with van der Waals surface area (Å²) in [5, 5.41) is 0. The number of hydrogen-bond donors (Lipinski definition) is 0. The van der Waals surface area contributed by atoms with Gasteiger partial charge in [0.1, 0.15) is 0 Å². The summed E-state index contributed by atoms with van der Waals surface area (Å²) >= 11 is 0. The Morgan fingerprint density at radius 3 is 2.94 bits per heavy atom. The van der Waals surface area contributed by atoms with E-state index >= 15 is 0 Å². The van der Waals surface area contributed by atoms with Gasteiger partial charge in [-0.3, -0.25) is 0 Å². The molecule has 1 aliphatic heterocycles. The van der Waals surface area contributed by atoms with Crippen molar-refractivity contribution in [2.75, 3.05) is 13.2 Å². The Balaban J connectivity index is 1.93. The Bertz CT molecular complexity index is 226. The largest absolute Gasteiger partial charge is 0.353 e. The van der Waals surface area contributed by atoms with Gasteiger partial charge in [0.25, 0.3) is 0 Å². The van der Waals surface area contributed by atoms with Crippen molar-refractivity contribution < 1.29 is 12.2 Å². The van der Waals surface area contributed by atoms with Crippen molar-refractivity contribution in [3.05, 3.63) is 12.7 Å². The first kappa shape index (κ1) is 10.8. The minimum atomic E-state index is -1.09. The second kappa shape index (κ2) is 9.86. The van der Waals surface area contributed by atoms with Crippen molar-refractivity contribution in [2.24, 2.45) is 0 Å². The zero-order valence-corrected chi connectivity index (χ0v) is 10.2. The van der Waals surface area contributed by atoms with Crippen molar-refractivity contribution in [1.29, 1.82) is 0 Å². The number of allylic oxidation sites excluding steroid dienone is 1. The quantitative estimate of drug-likeness (QED) is 0.438. The molecule has 0 spiro atoms. The zero-order chi connectivity index (χ0) is 13.3. The molecule has 0 radical (unpaired) electrons. The van der Waals surface area contributed by atoms with Gasteiger partial charge in [-0.15, -0.1) is 6.58 Å². The SMILES string of the molecule is [2H]C([2H])(CC=C)CCCCCOC1CCCCO1. The Morgan fingerprint density at radius 1 is 1.31 bits per heavy atom. The standard InChI is InChI=1S/C14H26O2/c1-2-3-4-5-6-7-9-12-15-14-11-8-10-13-16-14/h2,14H,1,3-13H2/i4D2. The zero-order valence-electron chi connectivity index (χ0n) is 12.2. The highest BCUT2D eigenvalue weighted by Gasteiger charge is 2.12. The molecule has 0 saturated carbocycles. The first-order valence-corrected chi connectivity index (χ1v) is 6.48. The molecule has 1 fully saturated rings. The highest BCUT2D eigenvalue weighted by molar-refractivity contribution is 4.65. The van der Waals surface area contributed by atoms with Crippen LogP contribution in [0.15, 0.2) is 12.7 Å². The van der Waals surface area contributed by atoms with Crippen molar-refractivity contribution in [2.45, 2.75) is 64.0 Å². The number of rotatable bonds is 9. The molecule has 1 unspecified atom stereocenters. The summed E-state index contributed by atoms with van der Waals surface area (Å²) < 4.78 is 26.5. The third-order valence-corrected chi connectivity index (χ3v) is 2.73. The van der Waals surface area contributed by atoms with Crippen LogP contribution in [0.5, 0.6) is 0 Å². The van der Waals surface area contributed by atoms with Gasteiger partial charge in [-0.05, 0) is 38.5 Å². The molecule has 1 atom stereocenters. The first-order valence-electron chi connectivity index (χ1n) is 7.48. The molecule has 2 heteroatoms. The van der Waals surface area contributed by atoms with Crippen molar-refractivity contribution >= 4 is 0 Å². The molecule has 0 aromatic heterocycles. The van der Waals surface area contributed by atoms with E-state index in [9.17, 15) is 0 Å². The lowest BCUT2D eigenvalue weighted by Crippen LogP contribution is -2.22. The summed E-state index contributed by atoms with van der Waals surface area (Å²) in [7, 11) is 0. The molecule has 0 N–H and O–H groups in total. The molecule has 2 nitrogen and oxygen atoms in total. The van der Waals surface area contributed by atoms with Crippen LogP contribution in [-0.2, 0) is 9.47 Å². The van der Waals surface area contributed by atoms with E-state index in [1.54, 1.807) is 6.08 Å². The maximum absolute atomic E-state index is 7.71. The van der Waals surface area contributed by atoms with Crippen LogP contribution in [0.1, 0.15) is 60.5 Å². The lowest BCUT2D eigenvalue weighted by molar-refractivity contribution is -0.162. The van der Waals surface area contributed by atoms with Crippen molar-refractivity contribution in [3.8, 4) is 0 Å². The molecule has 0 bridgehead atoms. The molecule has 0 aliphatic carbocycles. The van der Waals surface area contributed by atoms with Crippen LogP contribution in [0.4, 0.5) is 0 Å². The Labute approximate surface area is 103 Å². The summed E-state index contributed by atoms with van der Waals surface area (Å²) in [4.78, 5) is 0. The molecular formula is C14H26O2. The van der Waals surface area contributed by atoms with E-state index in [4.69, 9.17) is 12.2 Å². The fourth-order valence-electron chi connectivity index (χ4n) is 1.79. The molecule has 1 rings (SSSR count). The molecule has 16 heavy (non-hydrogen) atoms. The Morgan fingerprint density at radius 2 is 2.19 bits per heavy atom. The van der Waals surface area contributed by atoms with Crippen molar-refractivity contribution in [3.63, 3.8) is 0 Å². The second-order valence-corrected chi connectivity index (χ2v) is 4.22. The van der Waals surface area contributed by atoms with Gasteiger partial charge in [-0.25, -0.2) is 0 Å². The van der Waals surface area contributed by atoms with Crippen LogP contribution >= 0.6 is 0 Å².